The molecule has 2 N–H and O–H groups in total. The lowest BCUT2D eigenvalue weighted by Gasteiger charge is -2.46. The van der Waals surface area contributed by atoms with Crippen LogP contribution >= 0.6 is 0 Å². The number of amides is 1. The van der Waals surface area contributed by atoms with Crippen LogP contribution in [0.3, 0.4) is 0 Å². The molecule has 0 spiro atoms. The highest BCUT2D eigenvalue weighted by atomic mass is 16.5. The molecule has 2 aromatic carbocycles. The maximum Gasteiger partial charge on any atom is 0.322 e. The summed E-state index contributed by atoms with van der Waals surface area (Å²) in [4.78, 5) is 27.0. The van der Waals surface area contributed by atoms with Crippen LogP contribution in [-0.2, 0) is 31.9 Å². The highest BCUT2D eigenvalue weighted by Crippen LogP contribution is 2.55. The molecule has 6 nitrogen and oxygen atoms in total. The summed E-state index contributed by atoms with van der Waals surface area (Å²) in [5.41, 5.74) is 2.47. The number of nitrogens with one attached hydrogen (secondary N) is 1. The Hall–Kier alpha value is -2.96. The number of methoxy groups -OCH3 is 1. The lowest BCUT2D eigenvalue weighted by atomic mass is 9.56. The van der Waals surface area contributed by atoms with Crippen molar-refractivity contribution in [3.63, 3.8) is 0 Å². The first-order valence-electron chi connectivity index (χ1n) is 12.3. The van der Waals surface area contributed by atoms with Crippen molar-refractivity contribution in [3.05, 3.63) is 82.9 Å². The number of carbonyl (C=O) groups excluding carboxylic acids is 2. The molecule has 4 rings (SSSR count). The molecule has 1 saturated heterocycles. The number of carbonyl (C=O) groups is 2. The summed E-state index contributed by atoms with van der Waals surface area (Å²) in [7, 11) is 1.31. The highest BCUT2D eigenvalue weighted by molar-refractivity contribution is 6.06. The van der Waals surface area contributed by atoms with E-state index in [1.807, 2.05) is 62.4 Å². The summed E-state index contributed by atoms with van der Waals surface area (Å²) in [6.07, 6.45) is 0.815. The number of aliphatic hydroxyl groups is 1. The van der Waals surface area contributed by atoms with Crippen molar-refractivity contribution in [2.24, 2.45) is 17.3 Å². The van der Waals surface area contributed by atoms with E-state index in [9.17, 15) is 14.7 Å². The minimum absolute atomic E-state index is 0.270. The first kappa shape index (κ1) is 25.1. The average molecular weight is 478 g/mol. The summed E-state index contributed by atoms with van der Waals surface area (Å²) < 4.78 is 11.1. The molecule has 0 unspecified atom stereocenters. The van der Waals surface area contributed by atoms with Gasteiger partial charge in [0.1, 0.15) is 0 Å². The molecular formula is C29H35NO5. The third-order valence-corrected chi connectivity index (χ3v) is 7.86. The molecule has 0 radical (unpaired) electrons. The zero-order valence-electron chi connectivity index (χ0n) is 20.7. The van der Waals surface area contributed by atoms with Crippen molar-refractivity contribution < 1.29 is 24.2 Å². The monoisotopic (exact) mass is 477 g/mol. The molecular weight excluding hydrogens is 442 g/mol. The number of aliphatic hydroxyl groups excluding tert-OH is 1. The normalized spacial score (nSPS) is 27.9. The second kappa shape index (κ2) is 10.8. The molecule has 1 fully saturated rings. The third kappa shape index (κ3) is 4.65. The van der Waals surface area contributed by atoms with Gasteiger partial charge in [0.15, 0.2) is 5.41 Å². The van der Waals surface area contributed by atoms with Crippen molar-refractivity contribution in [1.82, 2.24) is 5.32 Å². The number of hydrogen-bond acceptors (Lipinski definition) is 5. The van der Waals surface area contributed by atoms with Crippen molar-refractivity contribution in [2.75, 3.05) is 20.3 Å². The molecule has 2 aromatic rings. The van der Waals surface area contributed by atoms with E-state index in [4.69, 9.17) is 9.47 Å². The van der Waals surface area contributed by atoms with E-state index in [0.717, 1.165) is 23.1 Å². The van der Waals surface area contributed by atoms with Gasteiger partial charge in [-0.2, -0.15) is 0 Å². The van der Waals surface area contributed by atoms with Crippen LogP contribution < -0.4 is 5.32 Å². The molecule has 1 aliphatic carbocycles. The first-order valence-corrected chi connectivity index (χ1v) is 12.3. The average Bonchev–Trinajstić information content (AvgIpc) is 3.17. The molecule has 6 heteroatoms. The fraction of sp³-hybridized carbons (Fsp3) is 0.448. The maximum atomic E-state index is 13.6. The Kier molecular flexibility index (Phi) is 7.72. The van der Waals surface area contributed by atoms with E-state index in [1.165, 1.54) is 12.7 Å². The molecule has 0 aromatic heterocycles. The van der Waals surface area contributed by atoms with Gasteiger partial charge in [0.25, 0.3) is 0 Å². The lowest BCUT2D eigenvalue weighted by molar-refractivity contribution is -0.168. The van der Waals surface area contributed by atoms with Gasteiger partial charge in [0.2, 0.25) is 5.91 Å². The quantitative estimate of drug-likeness (QED) is 0.250. The van der Waals surface area contributed by atoms with Gasteiger partial charge in [0, 0.05) is 24.5 Å². The largest absolute Gasteiger partial charge is 0.468 e. The van der Waals surface area contributed by atoms with Gasteiger partial charge in [-0.15, -0.1) is 0 Å². The number of rotatable bonds is 9. The van der Waals surface area contributed by atoms with Crippen LogP contribution in [0.5, 0.6) is 0 Å². The zero-order valence-corrected chi connectivity index (χ0v) is 20.7. The Morgan fingerprint density at radius 1 is 0.971 bits per heavy atom. The van der Waals surface area contributed by atoms with Gasteiger partial charge in [0.05, 0.1) is 19.8 Å². The Balaban J connectivity index is 1.58. The van der Waals surface area contributed by atoms with Crippen LogP contribution in [0, 0.1) is 17.3 Å². The van der Waals surface area contributed by atoms with Crippen molar-refractivity contribution in [3.8, 4) is 0 Å². The van der Waals surface area contributed by atoms with Crippen LogP contribution in [0.15, 0.2) is 71.8 Å². The summed E-state index contributed by atoms with van der Waals surface area (Å²) >= 11 is 0. The second-order valence-electron chi connectivity index (χ2n) is 9.66. The minimum Gasteiger partial charge on any atom is -0.468 e. The first-order chi connectivity index (χ1) is 16.9. The Bertz CT molecular complexity index is 1070. The zero-order chi connectivity index (χ0) is 25.0. The summed E-state index contributed by atoms with van der Waals surface area (Å²) in [6.45, 7) is 4.68. The van der Waals surface area contributed by atoms with Gasteiger partial charge in [-0.3, -0.25) is 9.59 Å². The predicted molar refractivity (Wildman–Crippen MR) is 133 cm³/mol. The Morgan fingerprint density at radius 2 is 1.60 bits per heavy atom. The van der Waals surface area contributed by atoms with Crippen LogP contribution in [0.1, 0.15) is 31.4 Å². The third-order valence-electron chi connectivity index (χ3n) is 7.86. The molecule has 0 bridgehead atoms. The molecule has 5 atom stereocenters. The minimum atomic E-state index is -1.49. The Labute approximate surface area is 207 Å². The molecule has 2 aliphatic rings. The number of esters is 1. The maximum absolute atomic E-state index is 13.6. The topological polar surface area (TPSA) is 84.9 Å². The molecule has 1 amide bonds. The van der Waals surface area contributed by atoms with Crippen molar-refractivity contribution in [2.45, 2.75) is 45.3 Å². The molecule has 186 valence electrons. The van der Waals surface area contributed by atoms with Crippen LogP contribution in [-0.4, -0.2) is 49.5 Å². The van der Waals surface area contributed by atoms with E-state index in [-0.39, 0.29) is 11.9 Å². The van der Waals surface area contributed by atoms with E-state index in [1.54, 1.807) is 0 Å². The standard InChI is InChI=1S/C29H35NO5/c1-19-20(2)26(31)23(15-17-35-16-14-21-10-6-4-7-11-21)29(28(33)34-3)25(19)24(30-27(29)32)18-22-12-8-5-9-13-22/h4-13,23-26,31H,14-18H2,1-3H3,(H,30,32)/t23-,24-,25-,26+,29+/m0/s1. The van der Waals surface area contributed by atoms with Crippen LogP contribution in [0.4, 0.5) is 0 Å². The number of ether oxygens (including phenoxy) is 2. The van der Waals surface area contributed by atoms with E-state index in [0.29, 0.717) is 26.1 Å². The predicted octanol–water partition coefficient (Wildman–Crippen LogP) is 3.48. The molecule has 0 saturated carbocycles. The molecule has 1 aliphatic heterocycles. The van der Waals surface area contributed by atoms with Gasteiger partial charge < -0.3 is 19.9 Å². The lowest BCUT2D eigenvalue weighted by Crippen LogP contribution is -2.57. The second-order valence-corrected chi connectivity index (χ2v) is 9.66. The number of hydrogen-bond donors (Lipinski definition) is 2. The van der Waals surface area contributed by atoms with Gasteiger partial charge in [-0.25, -0.2) is 0 Å². The summed E-state index contributed by atoms with van der Waals surface area (Å²) in [6, 6.07) is 19.7. The summed E-state index contributed by atoms with van der Waals surface area (Å²) in [5.74, 6) is -1.99. The SMILES string of the molecule is COC(=O)[C@@]12C(=O)N[C@@H](Cc3ccccc3)[C@@H]1C(C)=C(C)[C@@H](O)[C@@H]2CCOCCc1ccccc1. The Morgan fingerprint density at radius 3 is 2.23 bits per heavy atom. The van der Waals surface area contributed by atoms with Gasteiger partial charge >= 0.3 is 5.97 Å². The van der Waals surface area contributed by atoms with Crippen molar-refractivity contribution >= 4 is 11.9 Å². The fourth-order valence-electron chi connectivity index (χ4n) is 6.01. The summed E-state index contributed by atoms with van der Waals surface area (Å²) in [5, 5.41) is 14.4. The van der Waals surface area contributed by atoms with Gasteiger partial charge in [-0.05, 0) is 49.8 Å². The number of benzene rings is 2. The van der Waals surface area contributed by atoms with Crippen LogP contribution in [0.25, 0.3) is 0 Å². The fourth-order valence-corrected chi connectivity index (χ4v) is 6.01. The smallest absolute Gasteiger partial charge is 0.322 e. The number of fused-ring (bicyclic) bond motifs is 1. The molecule has 35 heavy (non-hydrogen) atoms. The van der Waals surface area contributed by atoms with Crippen molar-refractivity contribution in [1.29, 1.82) is 0 Å². The van der Waals surface area contributed by atoms with Gasteiger partial charge in [-0.1, -0.05) is 66.2 Å². The van der Waals surface area contributed by atoms with E-state index in [2.05, 4.69) is 17.4 Å². The van der Waals surface area contributed by atoms with Crippen LogP contribution in [0.2, 0.25) is 0 Å². The highest BCUT2D eigenvalue weighted by Gasteiger charge is 2.68. The van der Waals surface area contributed by atoms with E-state index < -0.39 is 29.3 Å². The van der Waals surface area contributed by atoms with E-state index >= 15 is 0 Å². The molecule has 1 heterocycles.